The van der Waals surface area contributed by atoms with Crippen LogP contribution in [-0.4, -0.2) is 23.7 Å². The summed E-state index contributed by atoms with van der Waals surface area (Å²) in [6.45, 7) is 7.54. The highest BCUT2D eigenvalue weighted by Gasteiger charge is 2.25. The Balaban J connectivity index is 2.28. The number of rotatable bonds is 3. The average Bonchev–Trinajstić information content (AvgIpc) is 1.92. The summed E-state index contributed by atoms with van der Waals surface area (Å²) < 4.78 is 5.27. The van der Waals surface area contributed by atoms with Crippen LogP contribution in [0, 0.1) is 0 Å². The van der Waals surface area contributed by atoms with Crippen LogP contribution < -0.4 is 5.32 Å². The molecule has 0 bridgehead atoms. The third-order valence-electron chi connectivity index (χ3n) is 2.35. The van der Waals surface area contributed by atoms with Gasteiger partial charge in [-0.3, -0.25) is 4.79 Å². The van der Waals surface area contributed by atoms with Gasteiger partial charge in [-0.05, 0) is 40.5 Å². The molecule has 3 nitrogen and oxygen atoms in total. The quantitative estimate of drug-likeness (QED) is 0.705. The first-order valence-corrected chi connectivity index (χ1v) is 5.37. The molecule has 0 amide bonds. The molecule has 0 heterocycles. The lowest BCUT2D eigenvalue weighted by Crippen LogP contribution is -2.46. The second-order valence-corrected chi connectivity index (χ2v) is 5.05. The van der Waals surface area contributed by atoms with Crippen molar-refractivity contribution in [2.45, 2.75) is 64.6 Å². The van der Waals surface area contributed by atoms with Gasteiger partial charge in [-0.15, -0.1) is 0 Å². The van der Waals surface area contributed by atoms with Crippen molar-refractivity contribution in [3.8, 4) is 0 Å². The van der Waals surface area contributed by atoms with Gasteiger partial charge in [0.1, 0.15) is 11.6 Å². The van der Waals surface area contributed by atoms with Gasteiger partial charge in [-0.2, -0.15) is 0 Å². The lowest BCUT2D eigenvalue weighted by molar-refractivity contribution is -0.157. The van der Waals surface area contributed by atoms with Gasteiger partial charge in [0, 0.05) is 6.04 Å². The Hall–Kier alpha value is -0.570. The fourth-order valence-corrected chi connectivity index (χ4v) is 1.39. The van der Waals surface area contributed by atoms with Crippen molar-refractivity contribution in [3.05, 3.63) is 0 Å². The molecule has 82 valence electrons. The summed E-state index contributed by atoms with van der Waals surface area (Å²) in [5.74, 6) is -0.149. The number of carbonyl (C=O) groups excluding carboxylic acids is 1. The molecular formula is C11H21NO2. The Bertz CT molecular complexity index is 204. The van der Waals surface area contributed by atoms with Crippen molar-refractivity contribution in [2.24, 2.45) is 0 Å². The van der Waals surface area contributed by atoms with Crippen LogP contribution in [0.2, 0.25) is 0 Å². The molecule has 1 N–H and O–H groups in total. The fraction of sp³-hybridized carbons (Fsp3) is 0.909. The molecule has 3 heteroatoms. The monoisotopic (exact) mass is 199 g/mol. The van der Waals surface area contributed by atoms with Crippen LogP contribution in [0.15, 0.2) is 0 Å². The lowest BCUT2D eigenvalue weighted by atomic mass is 9.92. The number of hydrogen-bond donors (Lipinski definition) is 1. The summed E-state index contributed by atoms with van der Waals surface area (Å²) in [5, 5.41) is 3.26. The smallest absolute Gasteiger partial charge is 0.323 e. The number of esters is 1. The van der Waals surface area contributed by atoms with Gasteiger partial charge in [0.2, 0.25) is 0 Å². The maximum atomic E-state index is 11.5. The molecule has 1 fully saturated rings. The van der Waals surface area contributed by atoms with Crippen molar-refractivity contribution < 1.29 is 9.53 Å². The zero-order chi connectivity index (χ0) is 10.8. The van der Waals surface area contributed by atoms with E-state index in [4.69, 9.17) is 4.74 Å². The maximum Gasteiger partial charge on any atom is 0.323 e. The van der Waals surface area contributed by atoms with Crippen LogP contribution in [-0.2, 0) is 9.53 Å². The van der Waals surface area contributed by atoms with Crippen LogP contribution >= 0.6 is 0 Å². The number of ether oxygens (including phenoxy) is 1. The second-order valence-electron chi connectivity index (χ2n) is 5.05. The van der Waals surface area contributed by atoms with E-state index in [1.165, 1.54) is 19.3 Å². The van der Waals surface area contributed by atoms with Crippen molar-refractivity contribution >= 4 is 5.97 Å². The predicted octanol–water partition coefficient (Wildman–Crippen LogP) is 1.86. The van der Waals surface area contributed by atoms with E-state index in [1.807, 2.05) is 27.7 Å². The molecule has 0 saturated heterocycles. The van der Waals surface area contributed by atoms with Crippen LogP contribution in [0.1, 0.15) is 47.0 Å². The minimum Gasteiger partial charge on any atom is -0.459 e. The van der Waals surface area contributed by atoms with Gasteiger partial charge in [0.25, 0.3) is 0 Å². The molecular weight excluding hydrogens is 178 g/mol. The van der Waals surface area contributed by atoms with Crippen molar-refractivity contribution in [2.75, 3.05) is 0 Å². The summed E-state index contributed by atoms with van der Waals surface area (Å²) in [4.78, 5) is 11.5. The molecule has 1 unspecified atom stereocenters. The highest BCUT2D eigenvalue weighted by Crippen LogP contribution is 2.19. The maximum absolute atomic E-state index is 11.5. The fourth-order valence-electron chi connectivity index (χ4n) is 1.39. The van der Waals surface area contributed by atoms with Gasteiger partial charge in [-0.25, -0.2) is 0 Å². The standard InChI is InChI=1S/C11H21NO2/c1-8(12-9-6-5-7-9)10(13)14-11(2,3)4/h8-9,12H,5-7H2,1-4H3. The van der Waals surface area contributed by atoms with Crippen LogP contribution in [0.4, 0.5) is 0 Å². The Labute approximate surface area is 86.2 Å². The van der Waals surface area contributed by atoms with E-state index in [0.29, 0.717) is 6.04 Å². The number of nitrogens with one attached hydrogen (secondary N) is 1. The molecule has 14 heavy (non-hydrogen) atoms. The van der Waals surface area contributed by atoms with E-state index in [9.17, 15) is 4.79 Å². The average molecular weight is 199 g/mol. The van der Waals surface area contributed by atoms with Gasteiger partial charge < -0.3 is 10.1 Å². The number of hydrogen-bond acceptors (Lipinski definition) is 3. The Morgan fingerprint density at radius 1 is 1.43 bits per heavy atom. The van der Waals surface area contributed by atoms with E-state index in [-0.39, 0.29) is 17.6 Å². The molecule has 0 aromatic carbocycles. The zero-order valence-electron chi connectivity index (χ0n) is 9.59. The first kappa shape index (κ1) is 11.5. The second kappa shape index (κ2) is 4.30. The van der Waals surface area contributed by atoms with E-state index in [2.05, 4.69) is 5.32 Å². The molecule has 0 aromatic heterocycles. The molecule has 1 aliphatic carbocycles. The van der Waals surface area contributed by atoms with Crippen LogP contribution in [0.3, 0.4) is 0 Å². The van der Waals surface area contributed by atoms with E-state index in [1.54, 1.807) is 0 Å². The van der Waals surface area contributed by atoms with Gasteiger partial charge in [0.15, 0.2) is 0 Å². The molecule has 0 radical (unpaired) electrons. The third-order valence-corrected chi connectivity index (χ3v) is 2.35. The van der Waals surface area contributed by atoms with Crippen LogP contribution in [0.5, 0.6) is 0 Å². The summed E-state index contributed by atoms with van der Waals surface area (Å²) in [6.07, 6.45) is 3.65. The van der Waals surface area contributed by atoms with Crippen molar-refractivity contribution in [1.82, 2.24) is 5.32 Å². The first-order chi connectivity index (χ1) is 6.38. The molecule has 0 aliphatic heterocycles. The SMILES string of the molecule is CC(NC1CCC1)C(=O)OC(C)(C)C. The summed E-state index contributed by atoms with van der Waals surface area (Å²) in [7, 11) is 0. The molecule has 1 atom stereocenters. The third kappa shape index (κ3) is 3.66. The largest absolute Gasteiger partial charge is 0.459 e. The Kier molecular flexibility index (Phi) is 3.53. The molecule has 0 aromatic rings. The van der Waals surface area contributed by atoms with E-state index in [0.717, 1.165) is 0 Å². The van der Waals surface area contributed by atoms with Crippen LogP contribution in [0.25, 0.3) is 0 Å². The molecule has 1 saturated carbocycles. The summed E-state index contributed by atoms with van der Waals surface area (Å²) in [5.41, 5.74) is -0.382. The van der Waals surface area contributed by atoms with Gasteiger partial charge in [0.05, 0.1) is 0 Å². The van der Waals surface area contributed by atoms with E-state index < -0.39 is 0 Å². The van der Waals surface area contributed by atoms with Gasteiger partial charge >= 0.3 is 5.97 Å². The zero-order valence-corrected chi connectivity index (χ0v) is 9.59. The first-order valence-electron chi connectivity index (χ1n) is 5.37. The Morgan fingerprint density at radius 2 is 2.00 bits per heavy atom. The van der Waals surface area contributed by atoms with Crippen molar-refractivity contribution in [3.63, 3.8) is 0 Å². The Morgan fingerprint density at radius 3 is 2.36 bits per heavy atom. The van der Waals surface area contributed by atoms with Crippen molar-refractivity contribution in [1.29, 1.82) is 0 Å². The minimum absolute atomic E-state index is 0.149. The predicted molar refractivity (Wildman–Crippen MR) is 56.1 cm³/mol. The molecule has 1 rings (SSSR count). The van der Waals surface area contributed by atoms with E-state index >= 15 is 0 Å². The minimum atomic E-state index is -0.382. The normalized spacial score (nSPS) is 20.0. The topological polar surface area (TPSA) is 38.3 Å². The van der Waals surface area contributed by atoms with Gasteiger partial charge in [-0.1, -0.05) is 6.42 Å². The highest BCUT2D eigenvalue weighted by molar-refractivity contribution is 5.75. The number of carbonyl (C=O) groups is 1. The summed E-state index contributed by atoms with van der Waals surface area (Å²) in [6, 6.07) is 0.344. The summed E-state index contributed by atoms with van der Waals surface area (Å²) >= 11 is 0. The molecule has 0 spiro atoms. The highest BCUT2D eigenvalue weighted by atomic mass is 16.6. The molecule has 1 aliphatic rings. The lowest BCUT2D eigenvalue weighted by Gasteiger charge is -2.30.